The lowest BCUT2D eigenvalue weighted by molar-refractivity contribution is 0.125. The van der Waals surface area contributed by atoms with E-state index in [4.69, 9.17) is 0 Å². The molecule has 3 aromatic carbocycles. The van der Waals surface area contributed by atoms with Crippen LogP contribution in [0.25, 0.3) is 0 Å². The zero-order chi connectivity index (χ0) is 19.4. The van der Waals surface area contributed by atoms with Gasteiger partial charge in [0.05, 0.1) is 0 Å². The highest BCUT2D eigenvalue weighted by Gasteiger charge is 2.35. The zero-order valence-electron chi connectivity index (χ0n) is 16.9. The fourth-order valence-electron chi connectivity index (χ4n) is 4.74. The Morgan fingerprint density at radius 2 is 0.690 bits per heavy atom. The molecule has 3 fully saturated rings. The standard InChI is InChI=1S/C28H28O/c29-28(25-13-7-22(8-14-25)19-1-2-19,26-15-9-23(10-16-26)20-3-4-20)27-17-11-24(12-18-27)21-5-6-21/h7-21,29H,1-6H2. The Morgan fingerprint density at radius 3 is 0.897 bits per heavy atom. The summed E-state index contributed by atoms with van der Waals surface area (Å²) in [7, 11) is 0. The van der Waals surface area contributed by atoms with Crippen LogP contribution in [0.4, 0.5) is 0 Å². The molecular formula is C28H28O. The largest absolute Gasteiger partial charge is 0.376 e. The number of benzene rings is 3. The maximum absolute atomic E-state index is 12.2. The van der Waals surface area contributed by atoms with E-state index in [0.29, 0.717) is 0 Å². The van der Waals surface area contributed by atoms with E-state index in [-0.39, 0.29) is 0 Å². The number of hydrogen-bond acceptors (Lipinski definition) is 1. The molecular weight excluding hydrogens is 352 g/mol. The lowest BCUT2D eigenvalue weighted by Crippen LogP contribution is -2.29. The molecule has 0 saturated heterocycles. The van der Waals surface area contributed by atoms with Gasteiger partial charge in [-0.05, 0) is 89.7 Å². The molecule has 0 amide bonds. The lowest BCUT2D eigenvalue weighted by atomic mass is 9.79. The number of hydrogen-bond donors (Lipinski definition) is 1. The topological polar surface area (TPSA) is 20.2 Å². The molecule has 0 aromatic heterocycles. The first-order valence-corrected chi connectivity index (χ1v) is 11.3. The van der Waals surface area contributed by atoms with Crippen LogP contribution in [0.1, 0.15) is 89.7 Å². The van der Waals surface area contributed by atoms with Gasteiger partial charge in [-0.2, -0.15) is 0 Å². The molecule has 3 aliphatic rings. The summed E-state index contributed by atoms with van der Waals surface area (Å²) in [5.41, 5.74) is 5.98. The predicted octanol–water partition coefficient (Wildman–Crippen LogP) is 6.60. The van der Waals surface area contributed by atoms with Crippen molar-refractivity contribution in [3.8, 4) is 0 Å². The monoisotopic (exact) mass is 380 g/mol. The van der Waals surface area contributed by atoms with Crippen molar-refractivity contribution in [2.24, 2.45) is 0 Å². The van der Waals surface area contributed by atoms with Crippen molar-refractivity contribution < 1.29 is 5.11 Å². The van der Waals surface area contributed by atoms with Crippen LogP contribution in [0, 0.1) is 0 Å². The van der Waals surface area contributed by atoms with Crippen molar-refractivity contribution in [2.75, 3.05) is 0 Å². The highest BCUT2D eigenvalue weighted by atomic mass is 16.3. The summed E-state index contributed by atoms with van der Waals surface area (Å²) in [6, 6.07) is 26.1. The van der Waals surface area contributed by atoms with E-state index >= 15 is 0 Å². The minimum Gasteiger partial charge on any atom is -0.376 e. The molecule has 0 unspecified atom stereocenters. The van der Waals surface area contributed by atoms with Gasteiger partial charge in [0.15, 0.2) is 0 Å². The van der Waals surface area contributed by atoms with Gasteiger partial charge in [0, 0.05) is 0 Å². The molecule has 0 bridgehead atoms. The van der Waals surface area contributed by atoms with Crippen molar-refractivity contribution in [3.05, 3.63) is 106 Å². The zero-order valence-corrected chi connectivity index (χ0v) is 16.9. The molecule has 0 spiro atoms. The summed E-state index contributed by atoms with van der Waals surface area (Å²) in [4.78, 5) is 0. The Bertz CT molecular complexity index is 867. The summed E-state index contributed by atoms with van der Waals surface area (Å²) in [5.74, 6) is 2.19. The van der Waals surface area contributed by atoms with E-state index in [1.165, 1.54) is 55.2 Å². The summed E-state index contributed by atoms with van der Waals surface area (Å²) in [6.07, 6.45) is 7.80. The smallest absolute Gasteiger partial charge is 0.140 e. The molecule has 3 saturated carbocycles. The van der Waals surface area contributed by atoms with Crippen LogP contribution in [0.2, 0.25) is 0 Å². The van der Waals surface area contributed by atoms with Gasteiger partial charge in [-0.15, -0.1) is 0 Å². The molecule has 1 heteroatoms. The van der Waals surface area contributed by atoms with Crippen LogP contribution in [0.3, 0.4) is 0 Å². The highest BCUT2D eigenvalue weighted by molar-refractivity contribution is 5.49. The Balaban J connectivity index is 1.43. The first-order valence-electron chi connectivity index (χ1n) is 11.3. The van der Waals surface area contributed by atoms with Crippen LogP contribution in [0.5, 0.6) is 0 Å². The van der Waals surface area contributed by atoms with E-state index in [0.717, 1.165) is 34.4 Å². The van der Waals surface area contributed by atoms with E-state index in [2.05, 4.69) is 72.8 Å². The number of rotatable bonds is 6. The normalized spacial score (nSPS) is 19.3. The molecule has 6 rings (SSSR count). The second-order valence-electron chi connectivity index (χ2n) is 9.40. The van der Waals surface area contributed by atoms with Crippen LogP contribution < -0.4 is 0 Å². The Labute approximate surface area is 173 Å². The Hall–Kier alpha value is -2.38. The van der Waals surface area contributed by atoms with Crippen molar-refractivity contribution >= 4 is 0 Å². The molecule has 0 radical (unpaired) electrons. The fraction of sp³-hybridized carbons (Fsp3) is 0.357. The molecule has 1 N–H and O–H groups in total. The van der Waals surface area contributed by atoms with Crippen molar-refractivity contribution in [1.29, 1.82) is 0 Å². The molecule has 3 aliphatic carbocycles. The van der Waals surface area contributed by atoms with E-state index < -0.39 is 5.60 Å². The van der Waals surface area contributed by atoms with Crippen LogP contribution in [0.15, 0.2) is 72.8 Å². The fourth-order valence-corrected chi connectivity index (χ4v) is 4.74. The van der Waals surface area contributed by atoms with Gasteiger partial charge in [-0.25, -0.2) is 0 Å². The third kappa shape index (κ3) is 3.22. The second kappa shape index (κ2) is 6.57. The summed E-state index contributed by atoms with van der Waals surface area (Å²) in [5, 5.41) is 12.2. The van der Waals surface area contributed by atoms with E-state index in [1.807, 2.05) is 0 Å². The maximum atomic E-state index is 12.2. The van der Waals surface area contributed by atoms with E-state index in [9.17, 15) is 5.11 Å². The number of aliphatic hydroxyl groups is 1. The van der Waals surface area contributed by atoms with Gasteiger partial charge in [-0.3, -0.25) is 0 Å². The molecule has 29 heavy (non-hydrogen) atoms. The quantitative estimate of drug-likeness (QED) is 0.477. The summed E-state index contributed by atoms with van der Waals surface area (Å²) in [6.45, 7) is 0. The third-order valence-corrected chi connectivity index (χ3v) is 7.13. The van der Waals surface area contributed by atoms with Gasteiger partial charge in [0.25, 0.3) is 0 Å². The SMILES string of the molecule is OC(c1ccc(C2CC2)cc1)(c1ccc(C2CC2)cc1)c1ccc(C2CC2)cc1. The summed E-state index contributed by atoms with van der Waals surface area (Å²) >= 11 is 0. The second-order valence-corrected chi connectivity index (χ2v) is 9.40. The Kier molecular flexibility index (Phi) is 3.96. The minimum absolute atomic E-state index is 0.729. The van der Waals surface area contributed by atoms with E-state index in [1.54, 1.807) is 0 Å². The molecule has 0 aliphatic heterocycles. The molecule has 1 nitrogen and oxygen atoms in total. The van der Waals surface area contributed by atoms with Crippen LogP contribution in [-0.4, -0.2) is 5.11 Å². The third-order valence-electron chi connectivity index (χ3n) is 7.13. The summed E-state index contributed by atoms with van der Waals surface area (Å²) < 4.78 is 0. The first kappa shape index (κ1) is 17.5. The van der Waals surface area contributed by atoms with Gasteiger partial charge < -0.3 is 5.11 Å². The molecule has 146 valence electrons. The Morgan fingerprint density at radius 1 is 0.448 bits per heavy atom. The van der Waals surface area contributed by atoms with Gasteiger partial charge in [-0.1, -0.05) is 72.8 Å². The maximum Gasteiger partial charge on any atom is 0.140 e. The first-order chi connectivity index (χ1) is 14.2. The van der Waals surface area contributed by atoms with Gasteiger partial charge in [0.1, 0.15) is 5.60 Å². The van der Waals surface area contributed by atoms with Crippen molar-refractivity contribution in [1.82, 2.24) is 0 Å². The average molecular weight is 381 g/mol. The van der Waals surface area contributed by atoms with Crippen LogP contribution >= 0.6 is 0 Å². The van der Waals surface area contributed by atoms with Crippen molar-refractivity contribution in [3.63, 3.8) is 0 Å². The lowest BCUT2D eigenvalue weighted by Gasteiger charge is -2.31. The predicted molar refractivity (Wildman–Crippen MR) is 117 cm³/mol. The van der Waals surface area contributed by atoms with Crippen LogP contribution in [-0.2, 0) is 5.60 Å². The molecule has 0 heterocycles. The van der Waals surface area contributed by atoms with Gasteiger partial charge in [0.2, 0.25) is 0 Å². The minimum atomic E-state index is -1.12. The molecule has 3 aromatic rings. The van der Waals surface area contributed by atoms with Gasteiger partial charge >= 0.3 is 0 Å². The highest BCUT2D eigenvalue weighted by Crippen LogP contribution is 2.45. The van der Waals surface area contributed by atoms with Crippen molar-refractivity contribution in [2.45, 2.75) is 61.9 Å². The molecule has 0 atom stereocenters. The average Bonchev–Trinajstić information content (AvgIpc) is 3.63.